The third-order valence-corrected chi connectivity index (χ3v) is 4.37. The van der Waals surface area contributed by atoms with Crippen molar-refractivity contribution in [1.82, 2.24) is 14.9 Å². The summed E-state index contributed by atoms with van der Waals surface area (Å²) in [4.78, 5) is 21.3. The number of aromatic nitrogens is 2. The maximum absolute atomic E-state index is 10.8. The van der Waals surface area contributed by atoms with Crippen molar-refractivity contribution >= 4 is 11.8 Å². The van der Waals surface area contributed by atoms with Crippen LogP contribution < -0.4 is 5.32 Å². The topological polar surface area (TPSA) is 78.3 Å². The number of rotatable bonds is 6. The van der Waals surface area contributed by atoms with Gasteiger partial charge >= 0.3 is 5.97 Å². The maximum Gasteiger partial charge on any atom is 0.356 e. The third-order valence-electron chi connectivity index (χ3n) is 4.37. The van der Waals surface area contributed by atoms with E-state index in [1.807, 2.05) is 6.07 Å². The van der Waals surface area contributed by atoms with Crippen LogP contribution in [0.2, 0.25) is 0 Å². The zero-order chi connectivity index (χ0) is 16.8. The number of carboxylic acid groups (broad SMARTS) is 1. The first-order valence-corrected chi connectivity index (χ1v) is 8.29. The molecule has 0 saturated carbocycles. The Morgan fingerprint density at radius 3 is 2.75 bits per heavy atom. The van der Waals surface area contributed by atoms with E-state index in [-0.39, 0.29) is 5.69 Å². The van der Waals surface area contributed by atoms with Crippen molar-refractivity contribution in [3.8, 4) is 0 Å². The predicted molar refractivity (Wildman–Crippen MR) is 92.0 cm³/mol. The summed E-state index contributed by atoms with van der Waals surface area (Å²) in [5.74, 6) is -0.444. The minimum absolute atomic E-state index is 0.0380. The third kappa shape index (κ3) is 4.29. The molecule has 0 radical (unpaired) electrons. The Bertz CT molecular complexity index is 660. The van der Waals surface area contributed by atoms with E-state index < -0.39 is 5.97 Å². The molecule has 1 atom stereocenters. The number of likely N-dealkylation sites (tertiary alicyclic amines) is 1. The molecule has 0 aliphatic carbocycles. The summed E-state index contributed by atoms with van der Waals surface area (Å²) >= 11 is 0. The Morgan fingerprint density at radius 1 is 1.21 bits per heavy atom. The molecule has 1 aliphatic heterocycles. The SMILES string of the molecule is O=C(O)c1cnc(NCC2CCCCN2Cc2ccccc2)cn1. The van der Waals surface area contributed by atoms with Crippen molar-refractivity contribution in [3.05, 3.63) is 54.0 Å². The molecule has 1 unspecified atom stereocenters. The lowest BCUT2D eigenvalue weighted by Gasteiger charge is -2.36. The Labute approximate surface area is 141 Å². The summed E-state index contributed by atoms with van der Waals surface area (Å²) in [5.41, 5.74) is 1.29. The van der Waals surface area contributed by atoms with Crippen LogP contribution in [0.1, 0.15) is 35.3 Å². The average Bonchev–Trinajstić information content (AvgIpc) is 2.62. The summed E-state index contributed by atoms with van der Waals surface area (Å²) in [6.45, 7) is 2.84. The molecular formula is C18H22N4O2. The van der Waals surface area contributed by atoms with E-state index in [1.54, 1.807) is 0 Å². The van der Waals surface area contributed by atoms with Gasteiger partial charge < -0.3 is 10.4 Å². The number of benzene rings is 1. The molecule has 1 aromatic carbocycles. The van der Waals surface area contributed by atoms with Crippen molar-refractivity contribution in [2.24, 2.45) is 0 Å². The lowest BCUT2D eigenvalue weighted by atomic mass is 10.0. The van der Waals surface area contributed by atoms with Crippen molar-refractivity contribution in [3.63, 3.8) is 0 Å². The van der Waals surface area contributed by atoms with Gasteiger partial charge in [-0.15, -0.1) is 0 Å². The molecule has 1 aromatic heterocycles. The van der Waals surface area contributed by atoms with Gasteiger partial charge in [0.1, 0.15) is 5.82 Å². The maximum atomic E-state index is 10.8. The van der Waals surface area contributed by atoms with Crippen LogP contribution >= 0.6 is 0 Å². The van der Waals surface area contributed by atoms with Gasteiger partial charge in [0, 0.05) is 19.1 Å². The number of nitrogens with one attached hydrogen (secondary N) is 1. The van der Waals surface area contributed by atoms with Gasteiger partial charge in [0.05, 0.1) is 12.4 Å². The molecule has 2 heterocycles. The molecule has 6 heteroatoms. The van der Waals surface area contributed by atoms with Gasteiger partial charge in [-0.25, -0.2) is 14.8 Å². The van der Waals surface area contributed by atoms with E-state index in [0.29, 0.717) is 11.9 Å². The Balaban J connectivity index is 1.58. The highest BCUT2D eigenvalue weighted by atomic mass is 16.4. The van der Waals surface area contributed by atoms with Gasteiger partial charge in [-0.05, 0) is 24.9 Å². The summed E-state index contributed by atoms with van der Waals surface area (Å²) in [7, 11) is 0. The fourth-order valence-corrected chi connectivity index (χ4v) is 3.07. The van der Waals surface area contributed by atoms with Crippen LogP contribution in [0.5, 0.6) is 0 Å². The predicted octanol–water partition coefficient (Wildman–Crippen LogP) is 2.64. The number of carboxylic acids is 1. The molecule has 6 nitrogen and oxygen atoms in total. The van der Waals surface area contributed by atoms with Gasteiger partial charge in [0.2, 0.25) is 0 Å². The summed E-state index contributed by atoms with van der Waals surface area (Å²) in [6.07, 6.45) is 6.39. The largest absolute Gasteiger partial charge is 0.476 e. The van der Waals surface area contributed by atoms with Crippen LogP contribution in [0.3, 0.4) is 0 Å². The van der Waals surface area contributed by atoms with E-state index in [0.717, 1.165) is 26.1 Å². The number of hydrogen-bond acceptors (Lipinski definition) is 5. The molecule has 2 N–H and O–H groups in total. The van der Waals surface area contributed by atoms with Crippen LogP contribution in [0, 0.1) is 0 Å². The zero-order valence-corrected chi connectivity index (χ0v) is 13.6. The molecule has 1 saturated heterocycles. The van der Waals surface area contributed by atoms with E-state index >= 15 is 0 Å². The van der Waals surface area contributed by atoms with Crippen LogP contribution in [0.15, 0.2) is 42.7 Å². The molecule has 1 fully saturated rings. The number of piperidine rings is 1. The van der Waals surface area contributed by atoms with Crippen molar-refractivity contribution in [2.45, 2.75) is 31.8 Å². The Morgan fingerprint density at radius 2 is 2.04 bits per heavy atom. The van der Waals surface area contributed by atoms with Gasteiger partial charge in [-0.3, -0.25) is 4.90 Å². The monoisotopic (exact) mass is 326 g/mol. The van der Waals surface area contributed by atoms with Gasteiger partial charge in [-0.2, -0.15) is 0 Å². The molecule has 3 rings (SSSR count). The van der Waals surface area contributed by atoms with Crippen LogP contribution in [-0.2, 0) is 6.54 Å². The molecule has 0 bridgehead atoms. The fraction of sp³-hybridized carbons (Fsp3) is 0.389. The second kappa shape index (κ2) is 7.88. The molecular weight excluding hydrogens is 304 g/mol. The number of anilines is 1. The van der Waals surface area contributed by atoms with Crippen LogP contribution in [-0.4, -0.2) is 45.1 Å². The van der Waals surface area contributed by atoms with E-state index in [2.05, 4.69) is 44.5 Å². The summed E-state index contributed by atoms with van der Waals surface area (Å²) in [6, 6.07) is 11.0. The second-order valence-corrected chi connectivity index (χ2v) is 6.08. The van der Waals surface area contributed by atoms with Gasteiger partial charge in [-0.1, -0.05) is 36.8 Å². The Hall–Kier alpha value is -2.47. The van der Waals surface area contributed by atoms with E-state index in [9.17, 15) is 4.79 Å². The molecule has 0 amide bonds. The molecule has 1 aliphatic rings. The molecule has 0 spiro atoms. The lowest BCUT2D eigenvalue weighted by molar-refractivity contribution is 0.0690. The lowest BCUT2D eigenvalue weighted by Crippen LogP contribution is -2.43. The zero-order valence-electron chi connectivity index (χ0n) is 13.6. The minimum Gasteiger partial charge on any atom is -0.476 e. The first-order chi connectivity index (χ1) is 11.7. The van der Waals surface area contributed by atoms with Crippen LogP contribution in [0.25, 0.3) is 0 Å². The highest BCUT2D eigenvalue weighted by Crippen LogP contribution is 2.20. The van der Waals surface area contributed by atoms with E-state index in [4.69, 9.17) is 5.11 Å². The second-order valence-electron chi connectivity index (χ2n) is 6.08. The minimum atomic E-state index is -1.06. The molecule has 24 heavy (non-hydrogen) atoms. The Kier molecular flexibility index (Phi) is 5.38. The van der Waals surface area contributed by atoms with E-state index in [1.165, 1.54) is 30.8 Å². The fourth-order valence-electron chi connectivity index (χ4n) is 3.07. The number of carbonyl (C=O) groups is 1. The smallest absolute Gasteiger partial charge is 0.356 e. The average molecular weight is 326 g/mol. The summed E-state index contributed by atoms with van der Waals surface area (Å²) in [5, 5.41) is 12.1. The quantitative estimate of drug-likeness (QED) is 0.850. The number of nitrogens with zero attached hydrogens (tertiary/aromatic N) is 3. The van der Waals surface area contributed by atoms with Crippen LogP contribution in [0.4, 0.5) is 5.82 Å². The summed E-state index contributed by atoms with van der Waals surface area (Å²) < 4.78 is 0. The highest BCUT2D eigenvalue weighted by molar-refractivity contribution is 5.84. The van der Waals surface area contributed by atoms with Gasteiger partial charge in [0.15, 0.2) is 5.69 Å². The first kappa shape index (κ1) is 16.4. The van der Waals surface area contributed by atoms with Gasteiger partial charge in [0.25, 0.3) is 0 Å². The number of hydrogen-bond donors (Lipinski definition) is 2. The normalized spacial score (nSPS) is 18.2. The first-order valence-electron chi connectivity index (χ1n) is 8.29. The molecule has 126 valence electrons. The molecule has 2 aromatic rings. The standard InChI is InChI=1S/C18H22N4O2/c23-18(24)16-11-21-17(12-19-16)20-10-15-8-4-5-9-22(15)13-14-6-2-1-3-7-14/h1-3,6-7,11-12,15H,4-5,8-10,13H2,(H,20,21)(H,23,24). The highest BCUT2D eigenvalue weighted by Gasteiger charge is 2.22. The number of aromatic carboxylic acids is 1. The van der Waals surface area contributed by atoms with Crippen molar-refractivity contribution < 1.29 is 9.90 Å². The van der Waals surface area contributed by atoms with Crippen molar-refractivity contribution in [2.75, 3.05) is 18.4 Å². The van der Waals surface area contributed by atoms with Crippen molar-refractivity contribution in [1.29, 1.82) is 0 Å².